The second-order valence-electron chi connectivity index (χ2n) is 4.43. The molecule has 0 saturated heterocycles. The van der Waals surface area contributed by atoms with Crippen LogP contribution in [0.15, 0.2) is 35.3 Å². The summed E-state index contributed by atoms with van der Waals surface area (Å²) in [6.45, 7) is 3.35. The van der Waals surface area contributed by atoms with Crippen LogP contribution in [0.3, 0.4) is 0 Å². The number of carbonyl (C=O) groups is 1. The highest BCUT2D eigenvalue weighted by molar-refractivity contribution is 5.89. The molecule has 0 bridgehead atoms. The van der Waals surface area contributed by atoms with Crippen molar-refractivity contribution in [2.24, 2.45) is 4.99 Å². The van der Waals surface area contributed by atoms with Gasteiger partial charge in [0.15, 0.2) is 6.04 Å². The largest absolute Gasteiger partial charge is 0.480 e. The van der Waals surface area contributed by atoms with Crippen molar-refractivity contribution in [1.82, 2.24) is 4.90 Å². The van der Waals surface area contributed by atoms with Crippen LogP contribution < -0.4 is 0 Å². The summed E-state index contributed by atoms with van der Waals surface area (Å²) in [5.74, 6) is 0.0847. The van der Waals surface area contributed by atoms with Crippen molar-refractivity contribution in [2.45, 2.75) is 25.8 Å². The standard InChI is InChI=1S/C14H18N2O2/c1-2-13-15-12(14(17)18)10-16(13)9-8-11-6-4-3-5-7-11/h3-7,12H,2,8-10H2,1H3,(H,17,18). The van der Waals surface area contributed by atoms with Gasteiger partial charge in [0.05, 0.1) is 12.4 Å². The average Bonchev–Trinajstić information content (AvgIpc) is 2.81. The first-order valence-electron chi connectivity index (χ1n) is 6.29. The van der Waals surface area contributed by atoms with Gasteiger partial charge >= 0.3 is 5.97 Å². The molecule has 2 rings (SSSR count). The van der Waals surface area contributed by atoms with Crippen LogP contribution in [0.4, 0.5) is 0 Å². The van der Waals surface area contributed by atoms with Gasteiger partial charge in [-0.05, 0) is 12.0 Å². The van der Waals surface area contributed by atoms with Crippen LogP contribution >= 0.6 is 0 Å². The molecule has 0 spiro atoms. The van der Waals surface area contributed by atoms with E-state index in [0.717, 1.165) is 25.2 Å². The Labute approximate surface area is 107 Å². The van der Waals surface area contributed by atoms with E-state index in [1.165, 1.54) is 5.56 Å². The first-order chi connectivity index (χ1) is 8.70. The number of hydrogen-bond donors (Lipinski definition) is 1. The van der Waals surface area contributed by atoms with E-state index in [4.69, 9.17) is 5.11 Å². The molecule has 0 amide bonds. The van der Waals surface area contributed by atoms with Crippen molar-refractivity contribution in [3.8, 4) is 0 Å². The molecule has 4 heteroatoms. The molecule has 1 heterocycles. The second-order valence-corrected chi connectivity index (χ2v) is 4.43. The van der Waals surface area contributed by atoms with E-state index in [-0.39, 0.29) is 0 Å². The summed E-state index contributed by atoms with van der Waals surface area (Å²) in [6.07, 6.45) is 1.71. The third-order valence-electron chi connectivity index (χ3n) is 3.18. The third kappa shape index (κ3) is 2.88. The van der Waals surface area contributed by atoms with Gasteiger partial charge in [0.25, 0.3) is 0 Å². The summed E-state index contributed by atoms with van der Waals surface area (Å²) in [5, 5.41) is 9.00. The maximum Gasteiger partial charge on any atom is 0.330 e. The number of benzene rings is 1. The summed E-state index contributed by atoms with van der Waals surface area (Å²) in [7, 11) is 0. The minimum atomic E-state index is -0.830. The Kier molecular flexibility index (Phi) is 3.97. The number of aliphatic carboxylic acids is 1. The molecule has 0 fully saturated rings. The Morgan fingerprint density at radius 1 is 1.44 bits per heavy atom. The maximum atomic E-state index is 10.9. The quantitative estimate of drug-likeness (QED) is 0.862. The predicted molar refractivity (Wildman–Crippen MR) is 70.9 cm³/mol. The predicted octanol–water partition coefficient (Wildman–Crippen LogP) is 1.81. The van der Waals surface area contributed by atoms with Crippen molar-refractivity contribution in [2.75, 3.05) is 13.1 Å². The van der Waals surface area contributed by atoms with Crippen molar-refractivity contribution in [3.63, 3.8) is 0 Å². The van der Waals surface area contributed by atoms with E-state index in [2.05, 4.69) is 22.0 Å². The molecule has 0 aromatic heterocycles. The van der Waals surface area contributed by atoms with E-state index in [1.807, 2.05) is 25.1 Å². The fraction of sp³-hybridized carbons (Fsp3) is 0.429. The number of carboxylic acids is 1. The highest BCUT2D eigenvalue weighted by atomic mass is 16.4. The summed E-state index contributed by atoms with van der Waals surface area (Å²) < 4.78 is 0. The van der Waals surface area contributed by atoms with Gasteiger partial charge in [0.2, 0.25) is 0 Å². The summed E-state index contributed by atoms with van der Waals surface area (Å²) in [4.78, 5) is 17.3. The van der Waals surface area contributed by atoms with Crippen molar-refractivity contribution in [3.05, 3.63) is 35.9 Å². The van der Waals surface area contributed by atoms with Gasteiger partial charge in [-0.3, -0.25) is 4.99 Å². The van der Waals surface area contributed by atoms with Gasteiger partial charge < -0.3 is 10.0 Å². The van der Waals surface area contributed by atoms with Crippen molar-refractivity contribution in [1.29, 1.82) is 0 Å². The molecule has 0 radical (unpaired) electrons. The molecule has 4 nitrogen and oxygen atoms in total. The van der Waals surface area contributed by atoms with Gasteiger partial charge in [0.1, 0.15) is 0 Å². The van der Waals surface area contributed by atoms with E-state index in [9.17, 15) is 4.79 Å². The molecular formula is C14H18N2O2. The van der Waals surface area contributed by atoms with Gasteiger partial charge in [-0.25, -0.2) is 4.79 Å². The zero-order valence-electron chi connectivity index (χ0n) is 10.5. The maximum absolute atomic E-state index is 10.9. The van der Waals surface area contributed by atoms with E-state index >= 15 is 0 Å². The average molecular weight is 246 g/mol. The van der Waals surface area contributed by atoms with Crippen LogP contribution in [0.5, 0.6) is 0 Å². The third-order valence-corrected chi connectivity index (χ3v) is 3.18. The Balaban J connectivity index is 1.94. The lowest BCUT2D eigenvalue weighted by molar-refractivity contribution is -0.138. The molecule has 1 unspecified atom stereocenters. The lowest BCUT2D eigenvalue weighted by Crippen LogP contribution is -2.33. The second kappa shape index (κ2) is 5.67. The molecule has 1 aliphatic rings. The first-order valence-corrected chi connectivity index (χ1v) is 6.29. The summed E-state index contributed by atoms with van der Waals surface area (Å²) >= 11 is 0. The molecule has 1 aromatic rings. The van der Waals surface area contributed by atoms with Crippen molar-refractivity contribution < 1.29 is 9.90 Å². The van der Waals surface area contributed by atoms with E-state index < -0.39 is 12.0 Å². The van der Waals surface area contributed by atoms with Crippen LogP contribution in [0, 0.1) is 0 Å². The number of aliphatic imine (C=N–C) groups is 1. The molecule has 18 heavy (non-hydrogen) atoms. The fourth-order valence-corrected chi connectivity index (χ4v) is 2.19. The molecular weight excluding hydrogens is 228 g/mol. The topological polar surface area (TPSA) is 52.9 Å². The molecule has 0 saturated carbocycles. The van der Waals surface area contributed by atoms with Gasteiger partial charge in [0, 0.05) is 13.0 Å². The van der Waals surface area contributed by atoms with E-state index in [0.29, 0.717) is 6.54 Å². The zero-order valence-corrected chi connectivity index (χ0v) is 10.5. The normalized spacial score (nSPS) is 18.8. The van der Waals surface area contributed by atoms with Gasteiger partial charge in [-0.15, -0.1) is 0 Å². The monoisotopic (exact) mass is 246 g/mol. The minimum absolute atomic E-state index is 0.505. The fourth-order valence-electron chi connectivity index (χ4n) is 2.19. The number of rotatable bonds is 5. The molecule has 1 aromatic carbocycles. The Hall–Kier alpha value is -1.84. The Morgan fingerprint density at radius 2 is 2.17 bits per heavy atom. The number of carboxylic acid groups (broad SMARTS) is 1. The van der Waals surface area contributed by atoms with Crippen LogP contribution in [0.1, 0.15) is 18.9 Å². The highest BCUT2D eigenvalue weighted by Gasteiger charge is 2.28. The van der Waals surface area contributed by atoms with Crippen molar-refractivity contribution >= 4 is 11.8 Å². The molecule has 0 aliphatic carbocycles. The van der Waals surface area contributed by atoms with Gasteiger partial charge in [-0.1, -0.05) is 37.3 Å². The molecule has 1 atom stereocenters. The highest BCUT2D eigenvalue weighted by Crippen LogP contribution is 2.13. The van der Waals surface area contributed by atoms with Crippen LogP contribution in [0.25, 0.3) is 0 Å². The summed E-state index contributed by atoms with van der Waals surface area (Å²) in [5.41, 5.74) is 1.27. The minimum Gasteiger partial charge on any atom is -0.480 e. The number of amidine groups is 1. The number of hydrogen-bond acceptors (Lipinski definition) is 3. The Bertz CT molecular complexity index is 442. The molecule has 1 aliphatic heterocycles. The molecule has 1 N–H and O–H groups in total. The van der Waals surface area contributed by atoms with E-state index in [1.54, 1.807) is 0 Å². The van der Waals surface area contributed by atoms with Crippen LogP contribution in [-0.2, 0) is 11.2 Å². The Morgan fingerprint density at radius 3 is 2.78 bits per heavy atom. The van der Waals surface area contributed by atoms with Gasteiger partial charge in [-0.2, -0.15) is 0 Å². The summed E-state index contributed by atoms with van der Waals surface area (Å²) in [6, 6.07) is 9.64. The SMILES string of the molecule is CCC1=NC(C(=O)O)CN1CCc1ccccc1. The lowest BCUT2D eigenvalue weighted by Gasteiger charge is -2.19. The zero-order chi connectivity index (χ0) is 13.0. The number of nitrogens with zero attached hydrogens (tertiary/aromatic N) is 2. The van der Waals surface area contributed by atoms with Crippen LogP contribution in [0.2, 0.25) is 0 Å². The molecule has 96 valence electrons. The lowest BCUT2D eigenvalue weighted by atomic mass is 10.1. The van der Waals surface area contributed by atoms with Crippen LogP contribution in [-0.4, -0.2) is 40.9 Å². The first kappa shape index (κ1) is 12.6. The smallest absolute Gasteiger partial charge is 0.330 e.